The van der Waals surface area contributed by atoms with Crippen molar-refractivity contribution in [2.45, 2.75) is 38.8 Å². The number of nitrogens with one attached hydrogen (secondary N) is 1. The van der Waals surface area contributed by atoms with Gasteiger partial charge in [0.05, 0.1) is 35.6 Å². The van der Waals surface area contributed by atoms with Crippen LogP contribution in [0.4, 0.5) is 0 Å². The molecule has 1 saturated heterocycles. The van der Waals surface area contributed by atoms with Crippen molar-refractivity contribution < 1.29 is 4.74 Å². The predicted octanol–water partition coefficient (Wildman–Crippen LogP) is 2.74. The van der Waals surface area contributed by atoms with Gasteiger partial charge in [-0.15, -0.1) is 0 Å². The van der Waals surface area contributed by atoms with Crippen molar-refractivity contribution in [1.82, 2.24) is 29.5 Å². The summed E-state index contributed by atoms with van der Waals surface area (Å²) in [5.41, 5.74) is 3.54. The SMILES string of the molecule is COc1cc(-c2ccc3c(=O)n([C@H]4CCN[C@@H](C)C4)ccc3n2)nn2cc(C)nc12. The fraction of sp³-hybridized carbons (Fsp3) is 0.364. The molecule has 30 heavy (non-hydrogen) atoms. The van der Waals surface area contributed by atoms with Crippen LogP contribution in [-0.4, -0.2) is 43.8 Å². The second kappa shape index (κ2) is 7.21. The maximum Gasteiger partial charge on any atom is 0.260 e. The van der Waals surface area contributed by atoms with Gasteiger partial charge in [-0.3, -0.25) is 4.79 Å². The molecule has 1 aliphatic rings. The minimum Gasteiger partial charge on any atom is -0.493 e. The molecule has 8 nitrogen and oxygen atoms in total. The first kappa shape index (κ1) is 18.7. The zero-order valence-electron chi connectivity index (χ0n) is 17.3. The predicted molar refractivity (Wildman–Crippen MR) is 115 cm³/mol. The Bertz CT molecular complexity index is 1310. The molecule has 5 heterocycles. The van der Waals surface area contributed by atoms with Gasteiger partial charge in [0.1, 0.15) is 5.69 Å². The molecule has 1 N–H and O–H groups in total. The Hall–Kier alpha value is -3.26. The highest BCUT2D eigenvalue weighted by Crippen LogP contribution is 2.26. The second-order valence-electron chi connectivity index (χ2n) is 7.94. The van der Waals surface area contributed by atoms with E-state index in [1.807, 2.05) is 48.1 Å². The van der Waals surface area contributed by atoms with Gasteiger partial charge in [0.25, 0.3) is 5.56 Å². The summed E-state index contributed by atoms with van der Waals surface area (Å²) in [4.78, 5) is 22.3. The lowest BCUT2D eigenvalue weighted by atomic mass is 10.00. The van der Waals surface area contributed by atoms with Crippen molar-refractivity contribution in [2.75, 3.05) is 13.7 Å². The molecule has 8 heteroatoms. The Morgan fingerprint density at radius 1 is 1.20 bits per heavy atom. The summed E-state index contributed by atoms with van der Waals surface area (Å²) >= 11 is 0. The molecule has 4 aromatic heterocycles. The number of hydrogen-bond acceptors (Lipinski definition) is 6. The first-order chi connectivity index (χ1) is 14.5. The Morgan fingerprint density at radius 2 is 2.07 bits per heavy atom. The van der Waals surface area contributed by atoms with Crippen LogP contribution in [0.15, 0.2) is 41.5 Å². The van der Waals surface area contributed by atoms with Gasteiger partial charge in [0.15, 0.2) is 11.4 Å². The van der Waals surface area contributed by atoms with Gasteiger partial charge in [-0.25, -0.2) is 14.5 Å². The number of piperidine rings is 1. The van der Waals surface area contributed by atoms with Gasteiger partial charge in [-0.1, -0.05) is 0 Å². The van der Waals surface area contributed by atoms with Crippen molar-refractivity contribution in [3.05, 3.63) is 52.7 Å². The molecule has 0 unspecified atom stereocenters. The highest BCUT2D eigenvalue weighted by Gasteiger charge is 2.21. The van der Waals surface area contributed by atoms with Crippen LogP contribution in [-0.2, 0) is 0 Å². The van der Waals surface area contributed by atoms with Gasteiger partial charge in [0, 0.05) is 24.3 Å². The van der Waals surface area contributed by atoms with Crippen LogP contribution < -0.4 is 15.6 Å². The quantitative estimate of drug-likeness (QED) is 0.565. The monoisotopic (exact) mass is 404 g/mol. The molecule has 0 bridgehead atoms. The van der Waals surface area contributed by atoms with E-state index in [1.165, 1.54) is 0 Å². The minimum absolute atomic E-state index is 0.0110. The maximum atomic E-state index is 13.1. The van der Waals surface area contributed by atoms with E-state index in [0.29, 0.717) is 39.7 Å². The van der Waals surface area contributed by atoms with Crippen molar-refractivity contribution >= 4 is 16.6 Å². The Balaban J connectivity index is 1.58. The Kier molecular flexibility index (Phi) is 4.51. The van der Waals surface area contributed by atoms with Crippen molar-refractivity contribution in [2.24, 2.45) is 0 Å². The van der Waals surface area contributed by atoms with Gasteiger partial charge in [-0.05, 0) is 51.4 Å². The topological polar surface area (TPSA) is 86.3 Å². The van der Waals surface area contributed by atoms with Crippen LogP contribution in [0.5, 0.6) is 5.75 Å². The van der Waals surface area contributed by atoms with Gasteiger partial charge < -0.3 is 14.6 Å². The molecular weight excluding hydrogens is 380 g/mol. The number of hydrogen-bond donors (Lipinski definition) is 1. The van der Waals surface area contributed by atoms with Crippen molar-refractivity contribution in [3.8, 4) is 17.1 Å². The van der Waals surface area contributed by atoms with Crippen LogP contribution in [0.1, 0.15) is 31.5 Å². The van der Waals surface area contributed by atoms with E-state index in [9.17, 15) is 4.79 Å². The summed E-state index contributed by atoms with van der Waals surface area (Å²) in [6, 6.07) is 8.07. The first-order valence-corrected chi connectivity index (χ1v) is 10.2. The zero-order chi connectivity index (χ0) is 20.8. The lowest BCUT2D eigenvalue weighted by Crippen LogP contribution is -2.39. The van der Waals surface area contributed by atoms with E-state index in [-0.39, 0.29) is 11.6 Å². The Morgan fingerprint density at radius 3 is 2.87 bits per heavy atom. The average molecular weight is 404 g/mol. The fourth-order valence-corrected chi connectivity index (χ4v) is 4.27. The summed E-state index contributed by atoms with van der Waals surface area (Å²) in [6.07, 6.45) is 5.63. The van der Waals surface area contributed by atoms with Crippen molar-refractivity contribution in [1.29, 1.82) is 0 Å². The highest BCUT2D eigenvalue weighted by molar-refractivity contribution is 5.80. The van der Waals surface area contributed by atoms with E-state index >= 15 is 0 Å². The summed E-state index contributed by atoms with van der Waals surface area (Å²) in [6.45, 7) is 5.00. The average Bonchev–Trinajstić information content (AvgIpc) is 3.13. The number of pyridine rings is 2. The van der Waals surface area contributed by atoms with Gasteiger partial charge in [0.2, 0.25) is 0 Å². The lowest BCUT2D eigenvalue weighted by Gasteiger charge is -2.29. The smallest absolute Gasteiger partial charge is 0.260 e. The lowest BCUT2D eigenvalue weighted by molar-refractivity contribution is 0.309. The molecule has 0 saturated carbocycles. The number of aryl methyl sites for hydroxylation is 1. The van der Waals surface area contributed by atoms with E-state index in [2.05, 4.69) is 22.3 Å². The number of aromatic nitrogens is 5. The molecule has 154 valence electrons. The molecule has 1 aliphatic heterocycles. The molecule has 2 atom stereocenters. The maximum absolute atomic E-state index is 13.1. The first-order valence-electron chi connectivity index (χ1n) is 10.2. The molecular formula is C22H24N6O2. The number of methoxy groups -OCH3 is 1. The van der Waals surface area contributed by atoms with Crippen LogP contribution in [0, 0.1) is 6.92 Å². The van der Waals surface area contributed by atoms with Crippen LogP contribution in [0.25, 0.3) is 27.9 Å². The van der Waals surface area contributed by atoms with Crippen molar-refractivity contribution in [3.63, 3.8) is 0 Å². The number of rotatable bonds is 3. The molecule has 0 amide bonds. The van der Waals surface area contributed by atoms with Crippen LogP contribution >= 0.6 is 0 Å². The number of ether oxygens (including phenoxy) is 1. The van der Waals surface area contributed by atoms with Crippen LogP contribution in [0.2, 0.25) is 0 Å². The zero-order valence-corrected chi connectivity index (χ0v) is 17.3. The summed E-state index contributed by atoms with van der Waals surface area (Å²) in [5, 5.41) is 8.68. The second-order valence-corrected chi connectivity index (χ2v) is 7.94. The third-order valence-electron chi connectivity index (χ3n) is 5.77. The largest absolute Gasteiger partial charge is 0.493 e. The number of nitrogens with zero attached hydrogens (tertiary/aromatic N) is 5. The van der Waals surface area contributed by atoms with E-state index in [4.69, 9.17) is 9.72 Å². The van der Waals surface area contributed by atoms with Gasteiger partial charge >= 0.3 is 0 Å². The highest BCUT2D eigenvalue weighted by atomic mass is 16.5. The van der Waals surface area contributed by atoms with Crippen LogP contribution in [0.3, 0.4) is 0 Å². The van der Waals surface area contributed by atoms with Gasteiger partial charge in [-0.2, -0.15) is 5.10 Å². The molecule has 0 aliphatic carbocycles. The standard InChI is InChI=1S/C22H24N6O2/c1-13-10-15(6-8-23-13)27-9-7-17-16(22(27)29)4-5-18(25-17)19-11-20(30-3)21-24-14(2)12-28(21)26-19/h4-5,7,9,11-13,15,23H,6,8,10H2,1-3H3/t13-,15-/m0/s1. The van der Waals surface area contributed by atoms with E-state index < -0.39 is 0 Å². The molecule has 0 spiro atoms. The molecule has 4 aromatic rings. The summed E-state index contributed by atoms with van der Waals surface area (Å²) in [5.74, 6) is 0.630. The summed E-state index contributed by atoms with van der Waals surface area (Å²) in [7, 11) is 1.61. The van der Waals surface area contributed by atoms with E-state index in [1.54, 1.807) is 11.6 Å². The molecule has 0 radical (unpaired) electrons. The molecule has 1 fully saturated rings. The minimum atomic E-state index is 0.0110. The third-order valence-corrected chi connectivity index (χ3v) is 5.77. The third kappa shape index (κ3) is 3.13. The summed E-state index contributed by atoms with van der Waals surface area (Å²) < 4.78 is 9.06. The number of imidazole rings is 1. The normalized spacial score (nSPS) is 19.4. The van der Waals surface area contributed by atoms with E-state index in [0.717, 1.165) is 25.1 Å². The Labute approximate surface area is 173 Å². The molecule has 0 aromatic carbocycles. The molecule has 5 rings (SSSR count). The fourth-order valence-electron chi connectivity index (χ4n) is 4.27. The number of fused-ring (bicyclic) bond motifs is 2.